The molecule has 3 N–H and O–H groups in total. The van der Waals surface area contributed by atoms with Crippen molar-refractivity contribution in [3.63, 3.8) is 0 Å². The third-order valence-electron chi connectivity index (χ3n) is 2.77. The maximum Gasteiger partial charge on any atom is 0.242 e. The van der Waals surface area contributed by atoms with E-state index in [4.69, 9.17) is 12.2 Å². The minimum absolute atomic E-state index is 0.203. The van der Waals surface area contributed by atoms with E-state index in [9.17, 15) is 4.79 Å². The Morgan fingerprint density at radius 3 is 3.05 bits per heavy atom. The fourth-order valence-corrected chi connectivity index (χ4v) is 1.74. The lowest BCUT2D eigenvalue weighted by Gasteiger charge is -2.10. The van der Waals surface area contributed by atoms with Crippen molar-refractivity contribution in [1.82, 2.24) is 14.8 Å². The molecule has 0 spiro atoms. The standard InChI is InChI=1S/C14H15N5O/c1-3-5-12(15)14(20)17-11-7-4-6-10(8-11)13-18-16-9-19(13)2/h1,4,6-9,12H,5,15H2,2H3,(H,17,20). The van der Waals surface area contributed by atoms with Gasteiger partial charge >= 0.3 is 0 Å². The van der Waals surface area contributed by atoms with Crippen LogP contribution in [0.2, 0.25) is 0 Å². The van der Waals surface area contributed by atoms with Gasteiger partial charge in [0.05, 0.1) is 6.04 Å². The number of hydrogen-bond acceptors (Lipinski definition) is 4. The number of aromatic nitrogens is 3. The second-order valence-electron chi connectivity index (χ2n) is 4.35. The second kappa shape index (κ2) is 5.99. The molecule has 1 aromatic carbocycles. The van der Waals surface area contributed by atoms with Crippen molar-refractivity contribution >= 4 is 11.6 Å². The molecule has 6 heteroatoms. The van der Waals surface area contributed by atoms with Gasteiger partial charge in [0.1, 0.15) is 6.33 Å². The number of carbonyl (C=O) groups is 1. The van der Waals surface area contributed by atoms with Gasteiger partial charge in [0.25, 0.3) is 0 Å². The maximum atomic E-state index is 11.8. The van der Waals surface area contributed by atoms with Crippen LogP contribution in [0.4, 0.5) is 5.69 Å². The van der Waals surface area contributed by atoms with Gasteiger partial charge in [-0.25, -0.2) is 0 Å². The number of rotatable bonds is 4. The highest BCUT2D eigenvalue weighted by Crippen LogP contribution is 2.20. The monoisotopic (exact) mass is 269 g/mol. The fourth-order valence-electron chi connectivity index (χ4n) is 1.74. The van der Waals surface area contributed by atoms with Gasteiger partial charge in [-0.3, -0.25) is 4.79 Å². The van der Waals surface area contributed by atoms with E-state index in [1.807, 2.05) is 25.2 Å². The predicted molar refractivity (Wildman–Crippen MR) is 76.5 cm³/mol. The minimum Gasteiger partial charge on any atom is -0.325 e. The zero-order valence-electron chi connectivity index (χ0n) is 11.1. The zero-order chi connectivity index (χ0) is 14.5. The molecule has 2 aromatic rings. The number of anilines is 1. The summed E-state index contributed by atoms with van der Waals surface area (Å²) in [4.78, 5) is 11.8. The Morgan fingerprint density at radius 2 is 2.40 bits per heavy atom. The van der Waals surface area contributed by atoms with Crippen LogP contribution in [0.1, 0.15) is 6.42 Å². The Morgan fingerprint density at radius 1 is 1.60 bits per heavy atom. The second-order valence-corrected chi connectivity index (χ2v) is 4.35. The number of terminal acetylenes is 1. The molecule has 0 radical (unpaired) electrons. The molecular weight excluding hydrogens is 254 g/mol. The average molecular weight is 269 g/mol. The molecule has 102 valence electrons. The zero-order valence-corrected chi connectivity index (χ0v) is 11.1. The summed E-state index contributed by atoms with van der Waals surface area (Å²) in [6.45, 7) is 0. The highest BCUT2D eigenvalue weighted by Gasteiger charge is 2.13. The normalized spacial score (nSPS) is 11.7. The van der Waals surface area contributed by atoms with Crippen molar-refractivity contribution in [1.29, 1.82) is 0 Å². The summed E-state index contributed by atoms with van der Waals surface area (Å²) < 4.78 is 1.80. The number of nitrogens with one attached hydrogen (secondary N) is 1. The van der Waals surface area contributed by atoms with Crippen LogP contribution in [-0.4, -0.2) is 26.7 Å². The summed E-state index contributed by atoms with van der Waals surface area (Å²) >= 11 is 0. The van der Waals surface area contributed by atoms with Gasteiger partial charge in [-0.15, -0.1) is 22.5 Å². The SMILES string of the molecule is C#CCC(N)C(=O)Nc1cccc(-c2nncn2C)c1. The quantitative estimate of drug-likeness (QED) is 0.803. The van der Waals surface area contributed by atoms with Crippen molar-refractivity contribution in [2.24, 2.45) is 12.8 Å². The third-order valence-corrected chi connectivity index (χ3v) is 2.77. The van der Waals surface area contributed by atoms with Gasteiger partial charge < -0.3 is 15.6 Å². The third kappa shape index (κ3) is 3.02. The number of hydrogen-bond donors (Lipinski definition) is 2. The van der Waals surface area contributed by atoms with Gasteiger partial charge in [-0.1, -0.05) is 12.1 Å². The molecule has 0 aliphatic carbocycles. The van der Waals surface area contributed by atoms with E-state index < -0.39 is 6.04 Å². The molecule has 2 rings (SSSR count). The van der Waals surface area contributed by atoms with Crippen LogP contribution in [-0.2, 0) is 11.8 Å². The molecule has 1 heterocycles. The molecule has 0 aliphatic rings. The van der Waals surface area contributed by atoms with Crippen molar-refractivity contribution in [3.8, 4) is 23.7 Å². The number of nitrogens with two attached hydrogens (primary N) is 1. The first-order chi connectivity index (χ1) is 9.61. The molecule has 20 heavy (non-hydrogen) atoms. The lowest BCUT2D eigenvalue weighted by atomic mass is 10.1. The Balaban J connectivity index is 2.17. The number of nitrogens with zero attached hydrogens (tertiary/aromatic N) is 3. The van der Waals surface area contributed by atoms with E-state index in [0.29, 0.717) is 11.5 Å². The summed E-state index contributed by atoms with van der Waals surface area (Å²) in [6, 6.07) is 6.59. The van der Waals surface area contributed by atoms with Crippen LogP contribution in [0.15, 0.2) is 30.6 Å². The van der Waals surface area contributed by atoms with Crippen LogP contribution in [0.5, 0.6) is 0 Å². The van der Waals surface area contributed by atoms with E-state index in [2.05, 4.69) is 21.4 Å². The first-order valence-electron chi connectivity index (χ1n) is 6.06. The van der Waals surface area contributed by atoms with Gasteiger partial charge in [0.2, 0.25) is 5.91 Å². The number of amides is 1. The molecule has 6 nitrogen and oxygen atoms in total. The van der Waals surface area contributed by atoms with E-state index in [-0.39, 0.29) is 12.3 Å². The Kier molecular flexibility index (Phi) is 4.13. The van der Waals surface area contributed by atoms with E-state index >= 15 is 0 Å². The van der Waals surface area contributed by atoms with Crippen molar-refractivity contribution in [2.45, 2.75) is 12.5 Å². The lowest BCUT2D eigenvalue weighted by molar-refractivity contribution is -0.117. The average Bonchev–Trinajstić information content (AvgIpc) is 2.85. The summed E-state index contributed by atoms with van der Waals surface area (Å²) in [5.41, 5.74) is 7.15. The topological polar surface area (TPSA) is 85.8 Å². The molecule has 1 unspecified atom stereocenters. The molecule has 0 fully saturated rings. The largest absolute Gasteiger partial charge is 0.325 e. The lowest BCUT2D eigenvalue weighted by Crippen LogP contribution is -2.35. The summed E-state index contributed by atoms with van der Waals surface area (Å²) in [7, 11) is 1.85. The first-order valence-corrected chi connectivity index (χ1v) is 6.06. The molecule has 0 aliphatic heterocycles. The van der Waals surface area contributed by atoms with Crippen LogP contribution in [0, 0.1) is 12.3 Å². The Labute approximate surface area is 117 Å². The van der Waals surface area contributed by atoms with E-state index in [1.165, 1.54) is 0 Å². The van der Waals surface area contributed by atoms with Crippen LogP contribution >= 0.6 is 0 Å². The Bertz CT molecular complexity index is 656. The van der Waals surface area contributed by atoms with Gasteiger partial charge in [-0.05, 0) is 12.1 Å². The highest BCUT2D eigenvalue weighted by atomic mass is 16.2. The number of benzene rings is 1. The molecule has 0 saturated heterocycles. The summed E-state index contributed by atoms with van der Waals surface area (Å²) in [5, 5.41) is 10.6. The van der Waals surface area contributed by atoms with Crippen molar-refractivity contribution in [2.75, 3.05) is 5.32 Å². The summed E-state index contributed by atoms with van der Waals surface area (Å²) in [5.74, 6) is 2.78. The van der Waals surface area contributed by atoms with Crippen molar-refractivity contribution < 1.29 is 4.79 Å². The molecule has 1 amide bonds. The molecule has 0 bridgehead atoms. The van der Waals surface area contributed by atoms with Crippen LogP contribution in [0.25, 0.3) is 11.4 Å². The molecule has 1 aromatic heterocycles. The van der Waals surface area contributed by atoms with E-state index in [0.717, 1.165) is 5.56 Å². The smallest absolute Gasteiger partial charge is 0.242 e. The van der Waals surface area contributed by atoms with Crippen LogP contribution < -0.4 is 11.1 Å². The minimum atomic E-state index is -0.710. The predicted octanol–water partition coefficient (Wildman–Crippen LogP) is 0.771. The fraction of sp³-hybridized carbons (Fsp3) is 0.214. The first kappa shape index (κ1) is 13.8. The van der Waals surface area contributed by atoms with Gasteiger partial charge in [0.15, 0.2) is 5.82 Å². The molecule has 1 atom stereocenters. The highest BCUT2D eigenvalue weighted by molar-refractivity contribution is 5.95. The van der Waals surface area contributed by atoms with E-state index in [1.54, 1.807) is 17.0 Å². The van der Waals surface area contributed by atoms with Crippen LogP contribution in [0.3, 0.4) is 0 Å². The van der Waals surface area contributed by atoms with Crippen molar-refractivity contribution in [3.05, 3.63) is 30.6 Å². The Hall–Kier alpha value is -2.65. The number of carbonyl (C=O) groups excluding carboxylic acids is 1. The van der Waals surface area contributed by atoms with Gasteiger partial charge in [0, 0.05) is 24.7 Å². The summed E-state index contributed by atoms with van der Waals surface area (Å²) in [6.07, 6.45) is 6.96. The maximum absolute atomic E-state index is 11.8. The molecule has 0 saturated carbocycles. The number of aryl methyl sites for hydroxylation is 1. The molecular formula is C14H15N5O. The van der Waals surface area contributed by atoms with Gasteiger partial charge in [-0.2, -0.15) is 0 Å².